The summed E-state index contributed by atoms with van der Waals surface area (Å²) in [6.07, 6.45) is 0.766. The van der Waals surface area contributed by atoms with Crippen molar-refractivity contribution in [3.8, 4) is 0 Å². The van der Waals surface area contributed by atoms with Crippen molar-refractivity contribution in [3.05, 3.63) is 80.2 Å². The molecule has 2 aromatic carbocycles. The lowest BCUT2D eigenvalue weighted by atomic mass is 10.1. The average molecular weight is 416 g/mol. The molecule has 0 atom stereocenters. The third-order valence-electron chi connectivity index (χ3n) is 5.10. The van der Waals surface area contributed by atoms with Crippen molar-refractivity contribution >= 4 is 32.5 Å². The summed E-state index contributed by atoms with van der Waals surface area (Å²) in [6.45, 7) is 0.292. The SMILES string of the molecule is O=c1cc(NCc2ccc(C3(S(=O)(=O)O)CC3)cc2)c2cc([N+](=O)[O-])ccc2o1. The lowest BCUT2D eigenvalue weighted by Crippen LogP contribution is -2.19. The van der Waals surface area contributed by atoms with Crippen LogP contribution in [0, 0.1) is 10.1 Å². The molecule has 1 aromatic heterocycles. The number of hydrogen-bond acceptors (Lipinski definition) is 7. The van der Waals surface area contributed by atoms with E-state index in [9.17, 15) is 27.9 Å². The number of nitro groups is 1. The van der Waals surface area contributed by atoms with Crippen molar-refractivity contribution in [2.24, 2.45) is 0 Å². The van der Waals surface area contributed by atoms with Crippen molar-refractivity contribution in [2.45, 2.75) is 24.1 Å². The minimum Gasteiger partial charge on any atom is -0.423 e. The fraction of sp³-hybridized carbons (Fsp3) is 0.211. The van der Waals surface area contributed by atoms with Crippen LogP contribution in [0.25, 0.3) is 11.0 Å². The molecule has 1 aliphatic rings. The summed E-state index contributed by atoms with van der Waals surface area (Å²) in [4.78, 5) is 22.3. The van der Waals surface area contributed by atoms with Crippen molar-refractivity contribution in [3.63, 3.8) is 0 Å². The Hall–Kier alpha value is -3.24. The molecule has 0 unspecified atom stereocenters. The third-order valence-corrected chi connectivity index (χ3v) is 6.73. The molecule has 4 rings (SSSR count). The standard InChI is InChI=1S/C19H16N2O7S/c22-18-10-16(15-9-14(21(23)24)5-6-17(15)28-18)20-11-12-1-3-13(4-2-12)19(7-8-19)29(25,26)27/h1-6,9-10,20H,7-8,11H2,(H,25,26,27). The number of nitrogens with zero attached hydrogens (tertiary/aromatic N) is 1. The monoisotopic (exact) mass is 416 g/mol. The molecular weight excluding hydrogens is 400 g/mol. The first kappa shape index (κ1) is 19.1. The molecule has 2 N–H and O–H groups in total. The second kappa shape index (κ2) is 6.68. The van der Waals surface area contributed by atoms with Gasteiger partial charge in [0.15, 0.2) is 0 Å². The van der Waals surface area contributed by atoms with Crippen molar-refractivity contribution in [1.29, 1.82) is 0 Å². The van der Waals surface area contributed by atoms with Crippen molar-refractivity contribution in [2.75, 3.05) is 5.32 Å². The van der Waals surface area contributed by atoms with E-state index in [1.165, 1.54) is 24.3 Å². The first-order chi connectivity index (χ1) is 13.7. The fourth-order valence-corrected chi connectivity index (χ4v) is 4.40. The molecule has 0 saturated heterocycles. The van der Waals surface area contributed by atoms with Gasteiger partial charge in [0.25, 0.3) is 15.8 Å². The summed E-state index contributed by atoms with van der Waals surface area (Å²) in [5.41, 5.74) is 1.23. The zero-order chi connectivity index (χ0) is 20.8. The normalized spacial score (nSPS) is 15.2. The first-order valence-electron chi connectivity index (χ1n) is 8.72. The van der Waals surface area contributed by atoms with Crippen LogP contribution in [-0.4, -0.2) is 17.9 Å². The first-order valence-corrected chi connectivity index (χ1v) is 10.2. The number of nitro benzene ring substituents is 1. The highest BCUT2D eigenvalue weighted by atomic mass is 32.2. The van der Waals surface area contributed by atoms with Gasteiger partial charge in [0.2, 0.25) is 0 Å². The topological polar surface area (TPSA) is 140 Å². The van der Waals surface area contributed by atoms with Crippen LogP contribution >= 0.6 is 0 Å². The van der Waals surface area contributed by atoms with Gasteiger partial charge in [0.1, 0.15) is 10.3 Å². The van der Waals surface area contributed by atoms with Crippen LogP contribution in [0.2, 0.25) is 0 Å². The largest absolute Gasteiger partial charge is 0.423 e. The van der Waals surface area contributed by atoms with E-state index in [0.29, 0.717) is 36.0 Å². The predicted molar refractivity (Wildman–Crippen MR) is 105 cm³/mol. The molecule has 3 aromatic rings. The Morgan fingerprint density at radius 3 is 2.41 bits per heavy atom. The molecule has 0 aliphatic heterocycles. The maximum absolute atomic E-state index is 11.8. The second-order valence-corrected chi connectivity index (χ2v) is 8.67. The maximum Gasteiger partial charge on any atom is 0.338 e. The van der Waals surface area contributed by atoms with Crippen LogP contribution in [0.3, 0.4) is 0 Å². The Kier molecular flexibility index (Phi) is 4.39. The lowest BCUT2D eigenvalue weighted by Gasteiger charge is -2.13. The molecule has 1 fully saturated rings. The van der Waals surface area contributed by atoms with Gasteiger partial charge in [0, 0.05) is 30.1 Å². The van der Waals surface area contributed by atoms with Gasteiger partial charge in [0.05, 0.1) is 10.6 Å². The highest BCUT2D eigenvalue weighted by molar-refractivity contribution is 7.87. The third kappa shape index (κ3) is 3.47. The van der Waals surface area contributed by atoms with Gasteiger partial charge < -0.3 is 9.73 Å². The summed E-state index contributed by atoms with van der Waals surface area (Å²) in [5, 5.41) is 14.5. The number of benzene rings is 2. The number of rotatable bonds is 6. The Morgan fingerprint density at radius 1 is 1.14 bits per heavy atom. The minimum absolute atomic E-state index is 0.126. The molecule has 0 spiro atoms. The van der Waals surface area contributed by atoms with Crippen molar-refractivity contribution in [1.82, 2.24) is 0 Å². The van der Waals surface area contributed by atoms with E-state index in [0.717, 1.165) is 5.56 Å². The number of non-ortho nitro benzene ring substituents is 1. The molecule has 0 bridgehead atoms. The second-order valence-electron chi connectivity index (χ2n) is 6.94. The van der Waals surface area contributed by atoms with Crippen LogP contribution in [0.1, 0.15) is 24.0 Å². The zero-order valence-electron chi connectivity index (χ0n) is 15.0. The average Bonchev–Trinajstić information content (AvgIpc) is 3.48. The Labute approximate surface area is 164 Å². The van der Waals surface area contributed by atoms with Crippen LogP contribution in [0.15, 0.2) is 57.7 Å². The van der Waals surface area contributed by atoms with Crippen LogP contribution in [0.5, 0.6) is 0 Å². The smallest absolute Gasteiger partial charge is 0.338 e. The molecule has 150 valence electrons. The lowest BCUT2D eigenvalue weighted by molar-refractivity contribution is -0.384. The van der Waals surface area contributed by atoms with E-state index < -0.39 is 25.4 Å². The molecule has 1 saturated carbocycles. The number of hydrogen-bond donors (Lipinski definition) is 2. The van der Waals surface area contributed by atoms with E-state index in [-0.39, 0.29) is 11.3 Å². The van der Waals surface area contributed by atoms with Crippen LogP contribution in [-0.2, 0) is 21.4 Å². The summed E-state index contributed by atoms with van der Waals surface area (Å²) >= 11 is 0. The van der Waals surface area contributed by atoms with Gasteiger partial charge >= 0.3 is 5.63 Å². The van der Waals surface area contributed by atoms with Gasteiger partial charge in [-0.05, 0) is 30.0 Å². The van der Waals surface area contributed by atoms with Gasteiger partial charge in [-0.15, -0.1) is 0 Å². The molecule has 29 heavy (non-hydrogen) atoms. The van der Waals surface area contributed by atoms with Crippen LogP contribution < -0.4 is 10.9 Å². The number of nitrogens with one attached hydrogen (secondary N) is 1. The van der Waals surface area contributed by atoms with Gasteiger partial charge in [-0.1, -0.05) is 24.3 Å². The van der Waals surface area contributed by atoms with Crippen LogP contribution in [0.4, 0.5) is 11.4 Å². The highest BCUT2D eigenvalue weighted by Gasteiger charge is 2.55. The van der Waals surface area contributed by atoms with Gasteiger partial charge in [-0.2, -0.15) is 8.42 Å². The Balaban J connectivity index is 1.59. The molecule has 0 radical (unpaired) electrons. The van der Waals surface area contributed by atoms with E-state index in [4.69, 9.17) is 4.42 Å². The number of anilines is 1. The fourth-order valence-electron chi connectivity index (χ4n) is 3.34. The van der Waals surface area contributed by atoms with Crippen molar-refractivity contribution < 1.29 is 22.3 Å². The zero-order valence-corrected chi connectivity index (χ0v) is 15.8. The quantitative estimate of drug-likeness (QED) is 0.270. The molecule has 0 amide bonds. The number of fused-ring (bicyclic) bond motifs is 1. The summed E-state index contributed by atoms with van der Waals surface area (Å²) in [7, 11) is -4.17. The molecular formula is C19H16N2O7S. The van der Waals surface area contributed by atoms with Gasteiger partial charge in [-0.3, -0.25) is 14.7 Å². The summed E-state index contributed by atoms with van der Waals surface area (Å²) in [5.74, 6) is 0. The van der Waals surface area contributed by atoms with E-state index in [1.54, 1.807) is 24.3 Å². The predicted octanol–water partition coefficient (Wildman–Crippen LogP) is 3.19. The Morgan fingerprint density at radius 2 is 1.83 bits per heavy atom. The minimum atomic E-state index is -4.17. The molecule has 10 heteroatoms. The Bertz CT molecular complexity index is 1280. The molecule has 1 aliphatic carbocycles. The van der Waals surface area contributed by atoms with Gasteiger partial charge in [-0.25, -0.2) is 4.79 Å². The summed E-state index contributed by atoms with van der Waals surface area (Å²) in [6, 6.07) is 11.9. The summed E-state index contributed by atoms with van der Waals surface area (Å²) < 4.78 is 36.5. The van der Waals surface area contributed by atoms with E-state index in [1.807, 2.05) is 0 Å². The highest BCUT2D eigenvalue weighted by Crippen LogP contribution is 2.52. The van der Waals surface area contributed by atoms with E-state index >= 15 is 0 Å². The molecule has 1 heterocycles. The molecule has 9 nitrogen and oxygen atoms in total. The van der Waals surface area contributed by atoms with E-state index in [2.05, 4.69) is 5.32 Å². The maximum atomic E-state index is 11.8.